The minimum Gasteiger partial charge on any atom is -0.399 e. The molecule has 0 unspecified atom stereocenters. The number of benzene rings is 1. The fourth-order valence-electron chi connectivity index (χ4n) is 1.47. The molecule has 0 bridgehead atoms. The van der Waals surface area contributed by atoms with E-state index in [9.17, 15) is 4.79 Å². The summed E-state index contributed by atoms with van der Waals surface area (Å²) in [4.78, 5) is 16.0. The van der Waals surface area contributed by atoms with Gasteiger partial charge in [0, 0.05) is 30.2 Å². The molecule has 0 atom stereocenters. The molecule has 6 heteroatoms. The Kier molecular flexibility index (Phi) is 4.17. The maximum Gasteiger partial charge on any atom is 0.252 e. The monoisotopic (exact) mass is 281 g/mol. The van der Waals surface area contributed by atoms with Gasteiger partial charge in [0.1, 0.15) is 0 Å². The van der Waals surface area contributed by atoms with Gasteiger partial charge in [-0.3, -0.25) is 4.79 Å². The fraction of sp³-hybridized carbons (Fsp3) is 0.167. The Morgan fingerprint density at radius 3 is 3.00 bits per heavy atom. The highest BCUT2D eigenvalue weighted by molar-refractivity contribution is 7.09. The van der Waals surface area contributed by atoms with Crippen molar-refractivity contribution in [1.82, 2.24) is 10.3 Å². The van der Waals surface area contributed by atoms with Gasteiger partial charge in [0.15, 0.2) is 0 Å². The number of rotatable bonds is 4. The van der Waals surface area contributed by atoms with E-state index in [-0.39, 0.29) is 5.91 Å². The third kappa shape index (κ3) is 3.21. The van der Waals surface area contributed by atoms with E-state index in [0.29, 0.717) is 22.8 Å². The largest absolute Gasteiger partial charge is 0.399 e. The third-order valence-electron chi connectivity index (χ3n) is 2.35. The van der Waals surface area contributed by atoms with E-state index in [1.54, 1.807) is 35.7 Å². The number of nitrogens with zero attached hydrogens (tertiary/aromatic N) is 1. The maximum atomic E-state index is 11.9. The van der Waals surface area contributed by atoms with E-state index >= 15 is 0 Å². The Morgan fingerprint density at radius 1 is 1.50 bits per heavy atom. The van der Waals surface area contributed by atoms with Crippen molar-refractivity contribution in [1.29, 1.82) is 0 Å². The van der Waals surface area contributed by atoms with Crippen molar-refractivity contribution in [2.45, 2.75) is 6.42 Å². The number of thiazole rings is 1. The van der Waals surface area contributed by atoms with Crippen LogP contribution in [0.2, 0.25) is 5.02 Å². The van der Waals surface area contributed by atoms with Crippen LogP contribution >= 0.6 is 22.9 Å². The molecular weight excluding hydrogens is 270 g/mol. The number of nitrogen functional groups attached to an aromatic ring is 1. The van der Waals surface area contributed by atoms with Crippen LogP contribution in [0.3, 0.4) is 0 Å². The SMILES string of the molecule is Nc1ccc(C(=O)NCCc2nccs2)c(Cl)c1. The summed E-state index contributed by atoms with van der Waals surface area (Å²) in [5.74, 6) is -0.198. The van der Waals surface area contributed by atoms with Crippen molar-refractivity contribution in [2.24, 2.45) is 0 Å². The van der Waals surface area contributed by atoms with Crippen LogP contribution in [-0.4, -0.2) is 17.4 Å². The first kappa shape index (κ1) is 12.9. The van der Waals surface area contributed by atoms with Crippen molar-refractivity contribution in [3.63, 3.8) is 0 Å². The Labute approximate surface area is 114 Å². The predicted molar refractivity (Wildman–Crippen MR) is 74.0 cm³/mol. The van der Waals surface area contributed by atoms with Gasteiger partial charge in [-0.15, -0.1) is 11.3 Å². The van der Waals surface area contributed by atoms with E-state index in [0.717, 1.165) is 11.4 Å². The average molecular weight is 282 g/mol. The second kappa shape index (κ2) is 5.84. The molecule has 3 N–H and O–H groups in total. The molecule has 1 heterocycles. The van der Waals surface area contributed by atoms with Crippen LogP contribution in [0.1, 0.15) is 15.4 Å². The molecule has 0 radical (unpaired) electrons. The molecule has 0 aliphatic heterocycles. The van der Waals surface area contributed by atoms with Crippen LogP contribution in [-0.2, 0) is 6.42 Å². The summed E-state index contributed by atoms with van der Waals surface area (Å²) in [5.41, 5.74) is 6.55. The topological polar surface area (TPSA) is 68.0 Å². The average Bonchev–Trinajstić information content (AvgIpc) is 2.81. The van der Waals surface area contributed by atoms with Crippen molar-refractivity contribution in [2.75, 3.05) is 12.3 Å². The highest BCUT2D eigenvalue weighted by atomic mass is 35.5. The molecule has 0 aliphatic rings. The van der Waals surface area contributed by atoms with E-state index in [1.165, 1.54) is 0 Å². The zero-order valence-electron chi connectivity index (χ0n) is 9.52. The summed E-state index contributed by atoms with van der Waals surface area (Å²) >= 11 is 7.52. The number of nitrogens with two attached hydrogens (primary N) is 1. The van der Waals surface area contributed by atoms with Gasteiger partial charge in [0.05, 0.1) is 15.6 Å². The number of aromatic nitrogens is 1. The van der Waals surface area contributed by atoms with Gasteiger partial charge in [-0.1, -0.05) is 11.6 Å². The van der Waals surface area contributed by atoms with Gasteiger partial charge in [0.2, 0.25) is 0 Å². The molecule has 18 heavy (non-hydrogen) atoms. The number of anilines is 1. The minimum absolute atomic E-state index is 0.198. The smallest absolute Gasteiger partial charge is 0.252 e. The van der Waals surface area contributed by atoms with Crippen molar-refractivity contribution >= 4 is 34.5 Å². The summed E-state index contributed by atoms with van der Waals surface area (Å²) in [6, 6.07) is 4.84. The number of carbonyl (C=O) groups excluding carboxylic acids is 1. The van der Waals surface area contributed by atoms with Gasteiger partial charge in [-0.2, -0.15) is 0 Å². The van der Waals surface area contributed by atoms with Crippen molar-refractivity contribution in [3.05, 3.63) is 45.4 Å². The van der Waals surface area contributed by atoms with Crippen molar-refractivity contribution in [3.8, 4) is 0 Å². The van der Waals surface area contributed by atoms with Crippen LogP contribution < -0.4 is 11.1 Å². The van der Waals surface area contributed by atoms with E-state index in [1.807, 2.05) is 5.38 Å². The van der Waals surface area contributed by atoms with Gasteiger partial charge in [-0.25, -0.2) is 4.98 Å². The number of hydrogen-bond donors (Lipinski definition) is 2. The molecule has 1 amide bonds. The molecule has 2 aromatic rings. The molecule has 0 saturated carbocycles. The van der Waals surface area contributed by atoms with Crippen LogP contribution in [0.5, 0.6) is 0 Å². The quantitative estimate of drug-likeness (QED) is 0.846. The zero-order valence-corrected chi connectivity index (χ0v) is 11.1. The molecule has 0 fully saturated rings. The lowest BCUT2D eigenvalue weighted by molar-refractivity contribution is 0.0954. The number of hydrogen-bond acceptors (Lipinski definition) is 4. The van der Waals surface area contributed by atoms with Crippen LogP contribution in [0.25, 0.3) is 0 Å². The number of nitrogens with one attached hydrogen (secondary N) is 1. The summed E-state index contributed by atoms with van der Waals surface area (Å²) in [6.45, 7) is 0.535. The summed E-state index contributed by atoms with van der Waals surface area (Å²) < 4.78 is 0. The molecule has 0 aliphatic carbocycles. The normalized spacial score (nSPS) is 10.3. The van der Waals surface area contributed by atoms with Gasteiger partial charge in [0.25, 0.3) is 5.91 Å². The fourth-order valence-corrected chi connectivity index (χ4v) is 2.37. The lowest BCUT2D eigenvalue weighted by Gasteiger charge is -2.06. The Hall–Kier alpha value is -1.59. The Morgan fingerprint density at radius 2 is 2.33 bits per heavy atom. The first-order chi connectivity index (χ1) is 8.66. The van der Waals surface area contributed by atoms with Crippen molar-refractivity contribution < 1.29 is 4.79 Å². The van der Waals surface area contributed by atoms with Crippen LogP contribution in [0.4, 0.5) is 5.69 Å². The zero-order chi connectivity index (χ0) is 13.0. The summed E-state index contributed by atoms with van der Waals surface area (Å²) in [7, 11) is 0. The second-order valence-corrected chi connectivity index (χ2v) is 5.06. The van der Waals surface area contributed by atoms with E-state index in [4.69, 9.17) is 17.3 Å². The molecule has 1 aromatic carbocycles. The molecule has 94 valence electrons. The van der Waals surface area contributed by atoms with Gasteiger partial charge >= 0.3 is 0 Å². The Balaban J connectivity index is 1.91. The first-order valence-electron chi connectivity index (χ1n) is 5.38. The maximum absolute atomic E-state index is 11.9. The number of amides is 1. The van der Waals surface area contributed by atoms with Crippen LogP contribution in [0, 0.1) is 0 Å². The van der Waals surface area contributed by atoms with Crippen LogP contribution in [0.15, 0.2) is 29.8 Å². The number of carbonyl (C=O) groups is 1. The Bertz CT molecular complexity index is 542. The molecule has 2 rings (SSSR count). The van der Waals surface area contributed by atoms with E-state index < -0.39 is 0 Å². The van der Waals surface area contributed by atoms with Gasteiger partial charge in [-0.05, 0) is 18.2 Å². The first-order valence-corrected chi connectivity index (χ1v) is 6.64. The molecule has 1 aromatic heterocycles. The van der Waals surface area contributed by atoms with Gasteiger partial charge < -0.3 is 11.1 Å². The summed E-state index contributed by atoms with van der Waals surface area (Å²) in [6.07, 6.45) is 2.47. The lowest BCUT2D eigenvalue weighted by Crippen LogP contribution is -2.25. The highest BCUT2D eigenvalue weighted by Gasteiger charge is 2.09. The standard InChI is InChI=1S/C12H12ClN3OS/c13-10-7-8(14)1-2-9(10)12(17)16-4-3-11-15-5-6-18-11/h1-2,5-7H,3-4,14H2,(H,16,17). The summed E-state index contributed by atoms with van der Waals surface area (Å²) in [5, 5.41) is 6.07. The highest BCUT2D eigenvalue weighted by Crippen LogP contribution is 2.18. The lowest BCUT2D eigenvalue weighted by atomic mass is 10.2. The number of halogens is 1. The second-order valence-electron chi connectivity index (χ2n) is 3.67. The van der Waals surface area contributed by atoms with E-state index in [2.05, 4.69) is 10.3 Å². The molecule has 0 saturated heterocycles. The molecule has 4 nitrogen and oxygen atoms in total. The predicted octanol–water partition coefficient (Wildman–Crippen LogP) is 2.35. The minimum atomic E-state index is -0.198. The molecular formula is C12H12ClN3OS. The third-order valence-corrected chi connectivity index (χ3v) is 3.50. The molecule has 0 spiro atoms.